The molecule has 1 aromatic heterocycles. The molecule has 1 N–H and O–H groups in total. The van der Waals surface area contributed by atoms with E-state index in [-0.39, 0.29) is 5.60 Å². The van der Waals surface area contributed by atoms with Gasteiger partial charge in [0.2, 0.25) is 0 Å². The van der Waals surface area contributed by atoms with Gasteiger partial charge in [-0.2, -0.15) is 0 Å². The van der Waals surface area contributed by atoms with Gasteiger partial charge in [0.1, 0.15) is 5.76 Å². The molecule has 2 heterocycles. The fourth-order valence-electron chi connectivity index (χ4n) is 3.91. The topological polar surface area (TPSA) is 34.4 Å². The van der Waals surface area contributed by atoms with E-state index in [1.165, 1.54) is 38.5 Å². The minimum Gasteiger partial charge on any atom is -0.469 e. The Morgan fingerprint density at radius 2 is 2.20 bits per heavy atom. The van der Waals surface area contributed by atoms with Crippen LogP contribution in [-0.4, -0.2) is 24.3 Å². The van der Waals surface area contributed by atoms with E-state index in [0.717, 1.165) is 25.2 Å². The lowest BCUT2D eigenvalue weighted by Crippen LogP contribution is -2.50. The molecule has 2 fully saturated rings. The van der Waals surface area contributed by atoms with Gasteiger partial charge in [-0.05, 0) is 44.7 Å². The molecule has 0 radical (unpaired) electrons. The molecular weight excluding hydrogens is 250 g/mol. The lowest BCUT2D eigenvalue weighted by atomic mass is 9.78. The molecule has 3 rings (SSSR count). The monoisotopic (exact) mass is 277 g/mol. The molecule has 0 bridgehead atoms. The second-order valence-corrected chi connectivity index (χ2v) is 6.63. The first kappa shape index (κ1) is 14.2. The Morgan fingerprint density at radius 1 is 1.35 bits per heavy atom. The largest absolute Gasteiger partial charge is 0.469 e. The van der Waals surface area contributed by atoms with Crippen molar-refractivity contribution in [3.05, 3.63) is 24.2 Å². The summed E-state index contributed by atoms with van der Waals surface area (Å²) >= 11 is 0. The van der Waals surface area contributed by atoms with Crippen LogP contribution in [0.25, 0.3) is 0 Å². The normalized spacial score (nSPS) is 27.6. The Balaban J connectivity index is 1.51. The molecule has 2 unspecified atom stereocenters. The smallest absolute Gasteiger partial charge is 0.105 e. The molecule has 1 saturated heterocycles. The molecule has 2 atom stereocenters. The van der Waals surface area contributed by atoms with Gasteiger partial charge in [0.15, 0.2) is 0 Å². The minimum atomic E-state index is 0.193. The summed E-state index contributed by atoms with van der Waals surface area (Å²) in [4.78, 5) is 0. The average Bonchev–Trinajstić information content (AvgIpc) is 2.92. The third-order valence-corrected chi connectivity index (χ3v) is 4.87. The average molecular weight is 277 g/mol. The molecule has 20 heavy (non-hydrogen) atoms. The summed E-state index contributed by atoms with van der Waals surface area (Å²) < 4.78 is 11.6. The Bertz CT molecular complexity index is 390. The lowest BCUT2D eigenvalue weighted by molar-refractivity contribution is -0.109. The number of furan rings is 1. The van der Waals surface area contributed by atoms with Gasteiger partial charge < -0.3 is 14.5 Å². The first-order valence-corrected chi connectivity index (χ1v) is 8.18. The van der Waals surface area contributed by atoms with Gasteiger partial charge in [0, 0.05) is 25.1 Å². The summed E-state index contributed by atoms with van der Waals surface area (Å²) in [5.41, 5.74) is 0.193. The molecule has 112 valence electrons. The fraction of sp³-hybridized carbons (Fsp3) is 0.765. The van der Waals surface area contributed by atoms with Crippen LogP contribution in [0.4, 0.5) is 0 Å². The molecule has 1 saturated carbocycles. The Kier molecular flexibility index (Phi) is 4.47. The number of ether oxygens (including phenoxy) is 1. The predicted molar refractivity (Wildman–Crippen MR) is 79.8 cm³/mol. The van der Waals surface area contributed by atoms with Crippen molar-refractivity contribution in [2.75, 3.05) is 6.61 Å². The van der Waals surface area contributed by atoms with Crippen LogP contribution in [0.3, 0.4) is 0 Å². The SMILES string of the molecule is CC(Cc1ccco1)NC1CCOC2(CCCCC2)C1. The van der Waals surface area contributed by atoms with E-state index in [4.69, 9.17) is 9.15 Å². The zero-order valence-electron chi connectivity index (χ0n) is 12.6. The van der Waals surface area contributed by atoms with E-state index < -0.39 is 0 Å². The van der Waals surface area contributed by atoms with Crippen molar-refractivity contribution in [1.29, 1.82) is 0 Å². The van der Waals surface area contributed by atoms with Crippen molar-refractivity contribution in [3.8, 4) is 0 Å². The second kappa shape index (κ2) is 6.31. The lowest BCUT2D eigenvalue weighted by Gasteiger charge is -2.44. The maximum absolute atomic E-state index is 6.17. The van der Waals surface area contributed by atoms with Crippen molar-refractivity contribution in [1.82, 2.24) is 5.32 Å². The summed E-state index contributed by atoms with van der Waals surface area (Å²) in [5.74, 6) is 1.07. The Hall–Kier alpha value is -0.800. The zero-order chi connectivity index (χ0) is 13.8. The highest BCUT2D eigenvalue weighted by molar-refractivity contribution is 5.01. The van der Waals surface area contributed by atoms with E-state index in [2.05, 4.69) is 18.3 Å². The standard InChI is InChI=1S/C17H27NO2/c1-14(12-16-6-5-10-19-16)18-15-7-11-20-17(13-15)8-3-2-4-9-17/h5-6,10,14-15,18H,2-4,7-9,11-13H2,1H3. The molecular formula is C17H27NO2. The summed E-state index contributed by atoms with van der Waals surface area (Å²) in [5, 5.41) is 3.79. The molecule has 1 aromatic rings. The van der Waals surface area contributed by atoms with Crippen molar-refractivity contribution in [2.24, 2.45) is 0 Å². The van der Waals surface area contributed by atoms with Gasteiger partial charge in [0.25, 0.3) is 0 Å². The van der Waals surface area contributed by atoms with E-state index in [9.17, 15) is 0 Å². The summed E-state index contributed by atoms with van der Waals surface area (Å²) in [6.45, 7) is 3.18. The minimum absolute atomic E-state index is 0.193. The van der Waals surface area contributed by atoms with Crippen LogP contribution in [0.15, 0.2) is 22.8 Å². The zero-order valence-corrected chi connectivity index (χ0v) is 12.6. The molecule has 0 amide bonds. The van der Waals surface area contributed by atoms with Crippen LogP contribution < -0.4 is 5.32 Å². The summed E-state index contributed by atoms with van der Waals surface area (Å²) in [6, 6.07) is 5.09. The highest BCUT2D eigenvalue weighted by Gasteiger charge is 2.38. The van der Waals surface area contributed by atoms with E-state index in [0.29, 0.717) is 12.1 Å². The van der Waals surface area contributed by atoms with Gasteiger partial charge in [-0.3, -0.25) is 0 Å². The molecule has 1 spiro atoms. The third kappa shape index (κ3) is 3.44. The first-order chi connectivity index (χ1) is 9.76. The van der Waals surface area contributed by atoms with Crippen LogP contribution >= 0.6 is 0 Å². The van der Waals surface area contributed by atoms with E-state index in [1.807, 2.05) is 6.07 Å². The van der Waals surface area contributed by atoms with Crippen molar-refractivity contribution in [3.63, 3.8) is 0 Å². The number of hydrogen-bond donors (Lipinski definition) is 1. The molecule has 1 aliphatic heterocycles. The number of hydrogen-bond acceptors (Lipinski definition) is 3. The highest BCUT2D eigenvalue weighted by atomic mass is 16.5. The van der Waals surface area contributed by atoms with Crippen LogP contribution in [0.5, 0.6) is 0 Å². The van der Waals surface area contributed by atoms with Crippen molar-refractivity contribution >= 4 is 0 Å². The molecule has 3 heteroatoms. The van der Waals surface area contributed by atoms with Gasteiger partial charge in [-0.15, -0.1) is 0 Å². The van der Waals surface area contributed by atoms with E-state index in [1.54, 1.807) is 6.26 Å². The first-order valence-electron chi connectivity index (χ1n) is 8.18. The van der Waals surface area contributed by atoms with Gasteiger partial charge >= 0.3 is 0 Å². The number of nitrogens with one attached hydrogen (secondary N) is 1. The van der Waals surface area contributed by atoms with Gasteiger partial charge in [-0.1, -0.05) is 19.3 Å². The maximum atomic E-state index is 6.17. The molecule has 0 aromatic carbocycles. The van der Waals surface area contributed by atoms with Gasteiger partial charge in [-0.25, -0.2) is 0 Å². The van der Waals surface area contributed by atoms with Crippen LogP contribution in [-0.2, 0) is 11.2 Å². The second-order valence-electron chi connectivity index (χ2n) is 6.63. The maximum Gasteiger partial charge on any atom is 0.105 e. The number of rotatable bonds is 4. The van der Waals surface area contributed by atoms with Crippen molar-refractivity contribution < 1.29 is 9.15 Å². The summed E-state index contributed by atoms with van der Waals surface area (Å²) in [7, 11) is 0. The fourth-order valence-corrected chi connectivity index (χ4v) is 3.91. The highest BCUT2D eigenvalue weighted by Crippen LogP contribution is 2.38. The quantitative estimate of drug-likeness (QED) is 0.911. The van der Waals surface area contributed by atoms with Gasteiger partial charge in [0.05, 0.1) is 11.9 Å². The predicted octanol–water partition coefficient (Wildman–Crippen LogP) is 3.68. The molecule has 2 aliphatic rings. The van der Waals surface area contributed by atoms with E-state index >= 15 is 0 Å². The van der Waals surface area contributed by atoms with Crippen molar-refractivity contribution in [2.45, 2.75) is 76.0 Å². The molecule has 3 nitrogen and oxygen atoms in total. The van der Waals surface area contributed by atoms with Crippen LogP contribution in [0.2, 0.25) is 0 Å². The molecule has 1 aliphatic carbocycles. The Labute approximate surface area is 122 Å². The summed E-state index contributed by atoms with van der Waals surface area (Å²) in [6.07, 6.45) is 11.7. The Morgan fingerprint density at radius 3 is 2.95 bits per heavy atom. The third-order valence-electron chi connectivity index (χ3n) is 4.87. The van der Waals surface area contributed by atoms with Crippen LogP contribution in [0, 0.1) is 0 Å². The van der Waals surface area contributed by atoms with Crippen LogP contribution in [0.1, 0.15) is 57.6 Å².